The van der Waals surface area contributed by atoms with E-state index in [-0.39, 0.29) is 12.1 Å². The highest BCUT2D eigenvalue weighted by atomic mass is 32.2. The highest BCUT2D eigenvalue weighted by Crippen LogP contribution is 2.38. The van der Waals surface area contributed by atoms with Crippen molar-refractivity contribution in [3.8, 4) is 0 Å². The molecule has 4 aliphatic rings. The van der Waals surface area contributed by atoms with Crippen LogP contribution in [0.1, 0.15) is 49.2 Å². The Morgan fingerprint density at radius 1 is 1.00 bits per heavy atom. The minimum atomic E-state index is -1.09. The van der Waals surface area contributed by atoms with Gasteiger partial charge in [0.1, 0.15) is 16.5 Å². The number of nitrogens with zero attached hydrogens (tertiary/aromatic N) is 6. The standard InChI is InChI=1S/C22H29N7O2S/c30-14-22(6-3-7-22)27-20-19-16(5-11-32(19)31)25-21(26-20)29-10-4-15-17(13-29)23-12-18(24-15)28-8-1-2-9-28/h12,30H,1-11,13-14H2,(H,25,26,27)/t32-/m1/s1. The summed E-state index contributed by atoms with van der Waals surface area (Å²) in [6, 6.07) is 0. The summed E-state index contributed by atoms with van der Waals surface area (Å²) in [5.41, 5.74) is 2.56. The van der Waals surface area contributed by atoms with E-state index < -0.39 is 10.8 Å². The molecule has 170 valence electrons. The fraction of sp³-hybridized carbons (Fsp3) is 0.636. The van der Waals surface area contributed by atoms with Crippen LogP contribution in [0.15, 0.2) is 11.1 Å². The van der Waals surface area contributed by atoms with Crippen molar-refractivity contribution >= 4 is 28.4 Å². The van der Waals surface area contributed by atoms with E-state index in [0.29, 0.717) is 30.5 Å². The van der Waals surface area contributed by atoms with Crippen molar-refractivity contribution in [3.63, 3.8) is 0 Å². The highest BCUT2D eigenvalue weighted by molar-refractivity contribution is 7.85. The van der Waals surface area contributed by atoms with Crippen molar-refractivity contribution in [3.05, 3.63) is 23.3 Å². The highest BCUT2D eigenvalue weighted by Gasteiger charge is 2.39. The molecule has 1 saturated heterocycles. The molecule has 2 fully saturated rings. The Hall–Kier alpha value is -2.33. The Labute approximate surface area is 190 Å². The lowest BCUT2D eigenvalue weighted by molar-refractivity contribution is 0.143. The van der Waals surface area contributed by atoms with Gasteiger partial charge in [0.25, 0.3) is 0 Å². The van der Waals surface area contributed by atoms with Crippen LogP contribution in [0, 0.1) is 0 Å². The summed E-state index contributed by atoms with van der Waals surface area (Å²) in [6.07, 6.45) is 8.72. The van der Waals surface area contributed by atoms with Crippen LogP contribution in [0.2, 0.25) is 0 Å². The minimum absolute atomic E-state index is 0.0553. The molecule has 3 aliphatic heterocycles. The maximum Gasteiger partial charge on any atom is 0.227 e. The molecule has 1 saturated carbocycles. The average Bonchev–Trinajstić information content (AvgIpc) is 3.46. The van der Waals surface area contributed by atoms with Gasteiger partial charge in [-0.3, -0.25) is 9.19 Å². The first kappa shape index (κ1) is 20.3. The van der Waals surface area contributed by atoms with E-state index in [2.05, 4.69) is 15.1 Å². The number of aromatic nitrogens is 4. The van der Waals surface area contributed by atoms with Crippen LogP contribution in [0.25, 0.3) is 0 Å². The zero-order valence-corrected chi connectivity index (χ0v) is 19.0. The molecule has 2 N–H and O–H groups in total. The molecule has 1 atom stereocenters. The van der Waals surface area contributed by atoms with Crippen molar-refractivity contribution in [1.29, 1.82) is 0 Å². The third-order valence-corrected chi connectivity index (χ3v) is 8.72. The number of hydrogen-bond donors (Lipinski definition) is 2. The molecular weight excluding hydrogens is 426 g/mol. The van der Waals surface area contributed by atoms with Gasteiger partial charge >= 0.3 is 0 Å². The predicted octanol–water partition coefficient (Wildman–Crippen LogP) is 1.42. The summed E-state index contributed by atoms with van der Waals surface area (Å²) < 4.78 is 12.7. The molecule has 2 aromatic rings. The first-order valence-electron chi connectivity index (χ1n) is 11.7. The second-order valence-corrected chi connectivity index (χ2v) is 10.9. The molecule has 32 heavy (non-hydrogen) atoms. The molecule has 6 rings (SSSR count). The van der Waals surface area contributed by atoms with E-state index in [1.165, 1.54) is 12.8 Å². The van der Waals surface area contributed by atoms with Crippen molar-refractivity contribution in [2.45, 2.75) is 61.9 Å². The summed E-state index contributed by atoms with van der Waals surface area (Å²) in [7, 11) is -1.09. The summed E-state index contributed by atoms with van der Waals surface area (Å²) >= 11 is 0. The van der Waals surface area contributed by atoms with Crippen LogP contribution in [-0.4, -0.2) is 66.8 Å². The Morgan fingerprint density at radius 2 is 1.84 bits per heavy atom. The van der Waals surface area contributed by atoms with Crippen LogP contribution in [0.4, 0.5) is 17.6 Å². The molecule has 0 spiro atoms. The second kappa shape index (κ2) is 7.91. The normalized spacial score (nSPS) is 23.6. The molecule has 10 heteroatoms. The first-order valence-corrected chi connectivity index (χ1v) is 13.0. The van der Waals surface area contributed by atoms with E-state index >= 15 is 0 Å². The topological polar surface area (TPSA) is 107 Å². The Kier molecular flexibility index (Phi) is 5.02. The zero-order chi connectivity index (χ0) is 21.7. The summed E-state index contributed by atoms with van der Waals surface area (Å²) in [4.78, 5) is 24.5. The van der Waals surface area contributed by atoms with Crippen molar-refractivity contribution < 1.29 is 9.32 Å². The number of anilines is 3. The Bertz CT molecular complexity index is 1060. The van der Waals surface area contributed by atoms with Crippen molar-refractivity contribution in [2.24, 2.45) is 0 Å². The van der Waals surface area contributed by atoms with Crippen molar-refractivity contribution in [1.82, 2.24) is 19.9 Å². The van der Waals surface area contributed by atoms with E-state index in [1.807, 2.05) is 6.20 Å². The van der Waals surface area contributed by atoms with Gasteiger partial charge in [-0.1, -0.05) is 0 Å². The summed E-state index contributed by atoms with van der Waals surface area (Å²) in [6.45, 7) is 3.58. The van der Waals surface area contributed by atoms with Crippen LogP contribution in [0.3, 0.4) is 0 Å². The van der Waals surface area contributed by atoms with Gasteiger partial charge in [0.2, 0.25) is 5.95 Å². The third-order valence-electron chi connectivity index (χ3n) is 7.26. The average molecular weight is 456 g/mol. The second-order valence-electron chi connectivity index (χ2n) is 9.35. The van der Waals surface area contributed by atoms with Gasteiger partial charge in [-0.05, 0) is 32.1 Å². The van der Waals surface area contributed by atoms with E-state index in [0.717, 1.165) is 73.1 Å². The lowest BCUT2D eigenvalue weighted by Gasteiger charge is -2.41. The monoisotopic (exact) mass is 455 g/mol. The van der Waals surface area contributed by atoms with Crippen molar-refractivity contribution in [2.75, 3.05) is 47.1 Å². The molecule has 2 aromatic heterocycles. The molecular formula is C22H29N7O2S. The van der Waals surface area contributed by atoms with Gasteiger partial charge in [-0.15, -0.1) is 0 Å². The largest absolute Gasteiger partial charge is 0.394 e. The number of aryl methyl sites for hydroxylation is 1. The third kappa shape index (κ3) is 3.44. The minimum Gasteiger partial charge on any atom is -0.394 e. The number of fused-ring (bicyclic) bond motifs is 2. The quantitative estimate of drug-likeness (QED) is 0.692. The molecule has 1 aliphatic carbocycles. The Balaban J connectivity index is 1.29. The van der Waals surface area contributed by atoms with Gasteiger partial charge in [0, 0.05) is 38.2 Å². The van der Waals surface area contributed by atoms with Gasteiger partial charge < -0.3 is 20.2 Å². The lowest BCUT2D eigenvalue weighted by Crippen LogP contribution is -2.48. The van der Waals surface area contributed by atoms with E-state index in [4.69, 9.17) is 19.9 Å². The maximum atomic E-state index is 12.7. The number of nitrogens with one attached hydrogen (secondary N) is 1. The van der Waals surface area contributed by atoms with E-state index in [1.54, 1.807) is 0 Å². The van der Waals surface area contributed by atoms with E-state index in [9.17, 15) is 9.32 Å². The lowest BCUT2D eigenvalue weighted by atomic mass is 9.77. The molecule has 5 heterocycles. The molecule has 0 amide bonds. The van der Waals surface area contributed by atoms with Gasteiger partial charge in [0.15, 0.2) is 0 Å². The number of hydrogen-bond acceptors (Lipinski definition) is 9. The fourth-order valence-electron chi connectivity index (χ4n) is 5.13. The number of rotatable bonds is 5. The van der Waals surface area contributed by atoms with Crippen LogP contribution < -0.4 is 15.1 Å². The SMILES string of the molecule is O=[S@@]1CCc2nc(N3CCc4nc(N5CCCC5)cnc4C3)nc(NC3(CO)CCC3)c21. The molecule has 0 radical (unpaired) electrons. The van der Waals surface area contributed by atoms with Crippen LogP contribution in [0.5, 0.6) is 0 Å². The molecule has 0 unspecified atom stereocenters. The fourth-order valence-corrected chi connectivity index (χ4v) is 6.44. The van der Waals surface area contributed by atoms with Crippen LogP contribution >= 0.6 is 0 Å². The number of aliphatic hydroxyl groups is 1. The van der Waals surface area contributed by atoms with Gasteiger partial charge in [-0.2, -0.15) is 4.98 Å². The maximum absolute atomic E-state index is 12.7. The van der Waals surface area contributed by atoms with Gasteiger partial charge in [0.05, 0.1) is 52.8 Å². The molecule has 9 nitrogen and oxygen atoms in total. The van der Waals surface area contributed by atoms with Crippen LogP contribution in [-0.2, 0) is 30.2 Å². The predicted molar refractivity (Wildman–Crippen MR) is 123 cm³/mol. The number of aliphatic hydroxyl groups excluding tert-OH is 1. The summed E-state index contributed by atoms with van der Waals surface area (Å²) in [5.74, 6) is 2.86. The zero-order valence-electron chi connectivity index (χ0n) is 18.2. The summed E-state index contributed by atoms with van der Waals surface area (Å²) in [5, 5.41) is 13.4. The smallest absolute Gasteiger partial charge is 0.227 e. The molecule has 0 aromatic carbocycles. The molecule has 0 bridgehead atoms. The van der Waals surface area contributed by atoms with Gasteiger partial charge in [-0.25, -0.2) is 9.97 Å². The first-order chi connectivity index (χ1) is 15.6. The Morgan fingerprint density at radius 3 is 2.59 bits per heavy atom.